The van der Waals surface area contributed by atoms with Gasteiger partial charge >= 0.3 is 33.3 Å². The molecule has 0 unspecified atom stereocenters. The van der Waals surface area contributed by atoms with Crippen LogP contribution in [0, 0.1) is 0 Å². The second kappa shape index (κ2) is 12.7. The van der Waals surface area contributed by atoms with Crippen molar-refractivity contribution in [1.82, 2.24) is 15.0 Å². The fraction of sp³-hybridized carbons (Fsp3) is 0.211. The van der Waals surface area contributed by atoms with E-state index in [0.29, 0.717) is 13.1 Å². The average Bonchev–Trinajstić information content (AvgIpc) is 2.75. The van der Waals surface area contributed by atoms with Gasteiger partial charge in [-0.3, -0.25) is 9.97 Å². The Balaban J connectivity index is 0.000000878. The van der Waals surface area contributed by atoms with Crippen LogP contribution in [0.4, 0.5) is 5.69 Å². The molecule has 0 saturated heterocycles. The molecule has 0 atom stereocenters. The first-order valence-electron chi connectivity index (χ1n) is 8.42. The fourth-order valence-electron chi connectivity index (χ4n) is 2.60. The molecule has 0 spiro atoms. The third kappa shape index (κ3) is 6.71. The molecule has 3 rings (SSSR count). The van der Waals surface area contributed by atoms with Crippen molar-refractivity contribution < 1.29 is 23.3 Å². The first kappa shape index (κ1) is 22.6. The second-order valence-electron chi connectivity index (χ2n) is 5.51. The van der Waals surface area contributed by atoms with Gasteiger partial charge in [-0.15, -0.1) is 0 Å². The Hall–Kier alpha value is -1.73. The van der Waals surface area contributed by atoms with Gasteiger partial charge in [-0.1, -0.05) is 12.1 Å². The van der Waals surface area contributed by atoms with Crippen LogP contribution in [0.1, 0.15) is 0 Å². The summed E-state index contributed by atoms with van der Waals surface area (Å²) in [6.07, 6.45) is 3.45. The van der Waals surface area contributed by atoms with Gasteiger partial charge in [-0.25, -0.2) is 4.98 Å². The zero-order valence-corrected chi connectivity index (χ0v) is 17.6. The molecule has 9 heteroatoms. The predicted octanol–water partition coefficient (Wildman–Crippen LogP) is 3.37. The van der Waals surface area contributed by atoms with Crippen LogP contribution in [0.25, 0.3) is 22.8 Å². The zero-order valence-electron chi connectivity index (χ0n) is 14.9. The molecule has 2 N–H and O–H groups in total. The van der Waals surface area contributed by atoms with Gasteiger partial charge in [0.1, 0.15) is 0 Å². The van der Waals surface area contributed by atoms with Crippen molar-refractivity contribution in [2.45, 2.75) is 0 Å². The molecule has 0 aliphatic rings. The van der Waals surface area contributed by atoms with E-state index in [4.69, 9.17) is 25.2 Å². The van der Waals surface area contributed by atoms with Crippen LogP contribution in [0.5, 0.6) is 0 Å². The molecule has 3 aromatic rings. The van der Waals surface area contributed by atoms with Gasteiger partial charge in [-0.05, 0) is 36.4 Å². The van der Waals surface area contributed by atoms with Crippen molar-refractivity contribution >= 4 is 25.9 Å². The third-order valence-electron chi connectivity index (χ3n) is 3.77. The summed E-state index contributed by atoms with van der Waals surface area (Å²) in [5.74, 6) is 0. The van der Waals surface area contributed by atoms with Gasteiger partial charge in [-0.2, -0.15) is 0 Å². The number of aliphatic hydroxyl groups is 2. The van der Waals surface area contributed by atoms with E-state index in [2.05, 4.69) is 9.97 Å². The molecule has 0 aliphatic carbocycles. The molecule has 0 radical (unpaired) electrons. The third-order valence-corrected chi connectivity index (χ3v) is 3.77. The summed E-state index contributed by atoms with van der Waals surface area (Å²) in [6.45, 7) is 0.849. The molecule has 0 amide bonds. The Kier molecular flexibility index (Phi) is 10.2. The Morgan fingerprint density at radius 2 is 1.25 bits per heavy atom. The summed E-state index contributed by atoms with van der Waals surface area (Å²) in [5.41, 5.74) is 3.82. The molecule has 3 aromatic heterocycles. The summed E-state index contributed by atoms with van der Waals surface area (Å²) < 4.78 is 0. The number of hydrogen-bond donors (Lipinski definition) is 2. The molecule has 0 fully saturated rings. The zero-order chi connectivity index (χ0) is 20.2. The SMILES string of the molecule is OCCN(CCO)c1cc(-c2ccccn2)nc(-c2ccccn2)c1.[Cl][Mn][Cl]. The Labute approximate surface area is 178 Å². The van der Waals surface area contributed by atoms with Gasteiger partial charge in [0, 0.05) is 31.2 Å². The Bertz CT molecular complexity index is 765. The van der Waals surface area contributed by atoms with Crippen molar-refractivity contribution in [1.29, 1.82) is 0 Å². The molecular formula is C19H20Cl2MnN4O2. The van der Waals surface area contributed by atoms with E-state index in [1.807, 2.05) is 53.4 Å². The van der Waals surface area contributed by atoms with Crippen LogP contribution in [0.2, 0.25) is 0 Å². The van der Waals surface area contributed by atoms with Crippen molar-refractivity contribution in [3.63, 3.8) is 0 Å². The molecule has 0 aromatic carbocycles. The van der Waals surface area contributed by atoms with Gasteiger partial charge in [0.05, 0.1) is 36.0 Å². The van der Waals surface area contributed by atoms with Crippen LogP contribution in [0.15, 0.2) is 60.9 Å². The minimum atomic E-state index is 0.000162. The number of aromatic nitrogens is 3. The van der Waals surface area contributed by atoms with E-state index < -0.39 is 0 Å². The summed E-state index contributed by atoms with van der Waals surface area (Å²) in [5, 5.41) is 18.7. The molecule has 6 nitrogen and oxygen atoms in total. The minimum absolute atomic E-state index is 0.000162. The number of aliphatic hydroxyl groups excluding tert-OH is 2. The summed E-state index contributed by atoms with van der Waals surface area (Å²) >= 11 is 0.00694. The normalized spacial score (nSPS) is 10.1. The van der Waals surface area contributed by atoms with Crippen LogP contribution in [0.3, 0.4) is 0 Å². The predicted molar refractivity (Wildman–Crippen MR) is 109 cm³/mol. The monoisotopic (exact) mass is 461 g/mol. The summed E-state index contributed by atoms with van der Waals surface area (Å²) in [4.78, 5) is 15.4. The van der Waals surface area contributed by atoms with Crippen molar-refractivity contribution in [2.24, 2.45) is 0 Å². The molecule has 0 aliphatic heterocycles. The van der Waals surface area contributed by atoms with Crippen molar-refractivity contribution in [2.75, 3.05) is 31.2 Å². The quantitative estimate of drug-likeness (QED) is 0.525. The van der Waals surface area contributed by atoms with E-state index >= 15 is 0 Å². The first-order valence-corrected chi connectivity index (χ1v) is 11.7. The number of halogens is 2. The molecule has 28 heavy (non-hydrogen) atoms. The van der Waals surface area contributed by atoms with Crippen molar-refractivity contribution in [3.8, 4) is 22.8 Å². The van der Waals surface area contributed by atoms with Crippen LogP contribution in [-0.2, 0) is 13.1 Å². The Morgan fingerprint density at radius 1 is 0.786 bits per heavy atom. The van der Waals surface area contributed by atoms with Crippen LogP contribution >= 0.6 is 20.2 Å². The van der Waals surface area contributed by atoms with Crippen molar-refractivity contribution in [3.05, 3.63) is 60.9 Å². The van der Waals surface area contributed by atoms with Gasteiger partial charge in [0.15, 0.2) is 0 Å². The molecule has 3 heterocycles. The number of rotatable bonds is 7. The fourth-order valence-corrected chi connectivity index (χ4v) is 2.60. The number of hydrogen-bond acceptors (Lipinski definition) is 6. The standard InChI is InChI=1S/C19H20N4O2.2ClH.Mn/c24-11-9-23(10-12-25)15-13-18(16-5-1-3-7-20-16)22-19(14-15)17-6-2-4-8-21-17;;;/h1-8,13-14,24-25H,9-12H2;2*1H;/q;;;+2/p-2. The molecular weight excluding hydrogens is 442 g/mol. The van der Waals surface area contributed by atoms with E-state index in [1.54, 1.807) is 12.4 Å². The molecule has 0 bridgehead atoms. The van der Waals surface area contributed by atoms with Crippen LogP contribution < -0.4 is 4.90 Å². The van der Waals surface area contributed by atoms with Gasteiger partial charge in [0.2, 0.25) is 0 Å². The average molecular weight is 462 g/mol. The van der Waals surface area contributed by atoms with Crippen LogP contribution in [-0.4, -0.2) is 51.5 Å². The second-order valence-corrected chi connectivity index (χ2v) is 7.46. The molecule has 149 valence electrons. The summed E-state index contributed by atoms with van der Waals surface area (Å²) in [6, 6.07) is 15.2. The van der Waals surface area contributed by atoms with E-state index in [0.717, 1.165) is 28.5 Å². The van der Waals surface area contributed by atoms with E-state index in [1.165, 1.54) is 0 Å². The Morgan fingerprint density at radius 3 is 1.61 bits per heavy atom. The summed E-state index contributed by atoms with van der Waals surface area (Å²) in [7, 11) is 9.59. The number of nitrogens with zero attached hydrogens (tertiary/aromatic N) is 4. The topological polar surface area (TPSA) is 82.4 Å². The number of anilines is 1. The maximum absolute atomic E-state index is 9.33. The van der Waals surface area contributed by atoms with E-state index in [9.17, 15) is 10.2 Å². The van der Waals surface area contributed by atoms with E-state index in [-0.39, 0.29) is 26.3 Å². The van der Waals surface area contributed by atoms with Gasteiger partial charge < -0.3 is 15.1 Å². The molecule has 0 saturated carbocycles. The number of pyridine rings is 3. The maximum atomic E-state index is 9.33. The van der Waals surface area contributed by atoms with Gasteiger partial charge in [0.25, 0.3) is 0 Å². The first-order chi connectivity index (χ1) is 13.7.